The summed E-state index contributed by atoms with van der Waals surface area (Å²) in [6.45, 7) is 5.86. The van der Waals surface area contributed by atoms with Crippen molar-refractivity contribution < 1.29 is 4.79 Å². The number of carbonyl (C=O) groups excluding carboxylic acids is 1. The standard InChI is InChI=1S/C18H34N2O/c1-15(2)13-19-14-18(21)20(16-9-5-3-6-10-16)17-11-7-4-8-12-17/h15-17,19H,3-14H2,1-2H3. The second kappa shape index (κ2) is 8.77. The smallest absolute Gasteiger partial charge is 0.237 e. The number of nitrogens with one attached hydrogen (secondary N) is 1. The second-order valence-electron chi connectivity index (χ2n) is 7.41. The number of hydrogen-bond acceptors (Lipinski definition) is 2. The third kappa shape index (κ3) is 5.28. The van der Waals surface area contributed by atoms with Crippen molar-refractivity contribution in [3.63, 3.8) is 0 Å². The van der Waals surface area contributed by atoms with Gasteiger partial charge in [-0.25, -0.2) is 0 Å². The highest BCUT2D eigenvalue weighted by molar-refractivity contribution is 5.79. The van der Waals surface area contributed by atoms with E-state index in [0.29, 0.717) is 30.5 Å². The van der Waals surface area contributed by atoms with Crippen LogP contribution >= 0.6 is 0 Å². The Labute approximate surface area is 130 Å². The molecule has 122 valence electrons. The molecule has 0 aromatic heterocycles. The van der Waals surface area contributed by atoms with Gasteiger partial charge >= 0.3 is 0 Å². The van der Waals surface area contributed by atoms with E-state index in [-0.39, 0.29) is 0 Å². The number of nitrogens with zero attached hydrogens (tertiary/aromatic N) is 1. The molecule has 0 heterocycles. The molecule has 0 radical (unpaired) electrons. The van der Waals surface area contributed by atoms with Gasteiger partial charge in [0.15, 0.2) is 0 Å². The third-order valence-corrected chi connectivity index (χ3v) is 5.05. The van der Waals surface area contributed by atoms with Crippen molar-refractivity contribution in [1.29, 1.82) is 0 Å². The molecule has 0 aromatic rings. The van der Waals surface area contributed by atoms with Crippen LogP contribution in [0.3, 0.4) is 0 Å². The van der Waals surface area contributed by atoms with Crippen LogP contribution in [0.15, 0.2) is 0 Å². The van der Waals surface area contributed by atoms with E-state index in [4.69, 9.17) is 0 Å². The van der Waals surface area contributed by atoms with E-state index in [0.717, 1.165) is 6.54 Å². The highest BCUT2D eigenvalue weighted by atomic mass is 16.2. The lowest BCUT2D eigenvalue weighted by Crippen LogP contribution is -2.51. The molecule has 0 aromatic carbocycles. The van der Waals surface area contributed by atoms with Crippen LogP contribution in [0.2, 0.25) is 0 Å². The van der Waals surface area contributed by atoms with Crippen LogP contribution in [-0.4, -0.2) is 36.0 Å². The van der Waals surface area contributed by atoms with E-state index in [1.165, 1.54) is 64.2 Å². The minimum Gasteiger partial charge on any atom is -0.336 e. The van der Waals surface area contributed by atoms with Crippen LogP contribution in [0.1, 0.15) is 78.1 Å². The van der Waals surface area contributed by atoms with E-state index in [1.54, 1.807) is 0 Å². The Bertz CT molecular complexity index is 286. The Kier molecular flexibility index (Phi) is 7.01. The highest BCUT2D eigenvalue weighted by Gasteiger charge is 2.31. The molecule has 2 saturated carbocycles. The molecule has 2 rings (SSSR count). The fourth-order valence-corrected chi connectivity index (χ4v) is 3.98. The van der Waals surface area contributed by atoms with Gasteiger partial charge in [0.05, 0.1) is 6.54 Å². The average molecular weight is 294 g/mol. The van der Waals surface area contributed by atoms with E-state index in [2.05, 4.69) is 24.1 Å². The number of carbonyl (C=O) groups is 1. The van der Waals surface area contributed by atoms with Crippen LogP contribution in [0.5, 0.6) is 0 Å². The predicted octanol–water partition coefficient (Wildman–Crippen LogP) is 3.73. The minimum absolute atomic E-state index is 0.356. The van der Waals surface area contributed by atoms with Crippen molar-refractivity contribution in [2.75, 3.05) is 13.1 Å². The molecular formula is C18H34N2O. The van der Waals surface area contributed by atoms with Crippen molar-refractivity contribution >= 4 is 5.91 Å². The molecule has 0 unspecified atom stereocenters. The van der Waals surface area contributed by atoms with Gasteiger partial charge in [-0.15, -0.1) is 0 Å². The fraction of sp³-hybridized carbons (Fsp3) is 0.944. The lowest BCUT2D eigenvalue weighted by atomic mass is 9.88. The molecule has 0 saturated heterocycles. The maximum absolute atomic E-state index is 12.8. The number of hydrogen-bond donors (Lipinski definition) is 1. The maximum Gasteiger partial charge on any atom is 0.237 e. The summed E-state index contributed by atoms with van der Waals surface area (Å²) in [4.78, 5) is 15.1. The summed E-state index contributed by atoms with van der Waals surface area (Å²) in [6, 6.07) is 1.05. The van der Waals surface area contributed by atoms with E-state index < -0.39 is 0 Å². The molecule has 21 heavy (non-hydrogen) atoms. The lowest BCUT2D eigenvalue weighted by molar-refractivity contribution is -0.137. The minimum atomic E-state index is 0.356. The first-order valence-electron chi connectivity index (χ1n) is 9.20. The fourth-order valence-electron chi connectivity index (χ4n) is 3.98. The van der Waals surface area contributed by atoms with Crippen LogP contribution < -0.4 is 5.32 Å². The predicted molar refractivity (Wildman–Crippen MR) is 88.3 cm³/mol. The van der Waals surface area contributed by atoms with Crippen LogP contribution in [0.25, 0.3) is 0 Å². The molecule has 2 fully saturated rings. The zero-order valence-corrected chi connectivity index (χ0v) is 14.1. The van der Waals surface area contributed by atoms with Gasteiger partial charge in [-0.05, 0) is 38.1 Å². The summed E-state index contributed by atoms with van der Waals surface area (Å²) >= 11 is 0. The largest absolute Gasteiger partial charge is 0.336 e. The molecule has 1 N–H and O–H groups in total. The molecule has 2 aliphatic carbocycles. The first-order chi connectivity index (χ1) is 10.2. The molecule has 0 bridgehead atoms. The number of amides is 1. The topological polar surface area (TPSA) is 32.3 Å². The van der Waals surface area contributed by atoms with E-state index >= 15 is 0 Å². The SMILES string of the molecule is CC(C)CNCC(=O)N(C1CCCCC1)C1CCCCC1. The van der Waals surface area contributed by atoms with Crippen molar-refractivity contribution in [3.05, 3.63) is 0 Å². The Balaban J connectivity index is 1.94. The van der Waals surface area contributed by atoms with Crippen LogP contribution in [0, 0.1) is 5.92 Å². The average Bonchev–Trinajstić information content (AvgIpc) is 2.49. The zero-order valence-electron chi connectivity index (χ0n) is 14.1. The van der Waals surface area contributed by atoms with Crippen molar-refractivity contribution in [2.24, 2.45) is 5.92 Å². The van der Waals surface area contributed by atoms with E-state index in [9.17, 15) is 4.79 Å². The summed E-state index contributed by atoms with van der Waals surface area (Å²) in [6.07, 6.45) is 12.9. The molecule has 2 aliphatic rings. The highest BCUT2D eigenvalue weighted by Crippen LogP contribution is 2.30. The first-order valence-corrected chi connectivity index (χ1v) is 9.20. The maximum atomic E-state index is 12.8. The van der Waals surface area contributed by atoms with Gasteiger partial charge in [-0.1, -0.05) is 52.4 Å². The van der Waals surface area contributed by atoms with E-state index in [1.807, 2.05) is 0 Å². The summed E-state index contributed by atoms with van der Waals surface area (Å²) < 4.78 is 0. The molecule has 0 aliphatic heterocycles. The van der Waals surface area contributed by atoms with Gasteiger partial charge in [0.25, 0.3) is 0 Å². The quantitative estimate of drug-likeness (QED) is 0.809. The van der Waals surface area contributed by atoms with Crippen molar-refractivity contribution in [3.8, 4) is 0 Å². The first kappa shape index (κ1) is 16.8. The van der Waals surface area contributed by atoms with Crippen molar-refractivity contribution in [2.45, 2.75) is 90.1 Å². The Morgan fingerprint density at radius 3 is 1.86 bits per heavy atom. The van der Waals surface area contributed by atoms with Gasteiger partial charge in [0, 0.05) is 12.1 Å². The molecule has 0 spiro atoms. The molecule has 3 nitrogen and oxygen atoms in total. The molecule has 1 amide bonds. The zero-order chi connectivity index (χ0) is 15.1. The molecule has 3 heteroatoms. The number of rotatable bonds is 6. The Morgan fingerprint density at radius 2 is 1.43 bits per heavy atom. The monoisotopic (exact) mass is 294 g/mol. The van der Waals surface area contributed by atoms with Crippen LogP contribution in [-0.2, 0) is 4.79 Å². The summed E-state index contributed by atoms with van der Waals surface area (Å²) in [5, 5.41) is 3.35. The van der Waals surface area contributed by atoms with Gasteiger partial charge in [0.1, 0.15) is 0 Å². The van der Waals surface area contributed by atoms with Gasteiger partial charge in [0.2, 0.25) is 5.91 Å². The Morgan fingerprint density at radius 1 is 0.952 bits per heavy atom. The summed E-state index contributed by atoms with van der Waals surface area (Å²) in [7, 11) is 0. The summed E-state index contributed by atoms with van der Waals surface area (Å²) in [5.41, 5.74) is 0. The van der Waals surface area contributed by atoms with Crippen LogP contribution in [0.4, 0.5) is 0 Å². The molecule has 0 atom stereocenters. The lowest BCUT2D eigenvalue weighted by Gasteiger charge is -2.42. The van der Waals surface area contributed by atoms with Gasteiger partial charge in [-0.2, -0.15) is 0 Å². The third-order valence-electron chi connectivity index (χ3n) is 5.05. The second-order valence-corrected chi connectivity index (χ2v) is 7.41. The van der Waals surface area contributed by atoms with Crippen molar-refractivity contribution in [1.82, 2.24) is 10.2 Å². The summed E-state index contributed by atoms with van der Waals surface area (Å²) in [5.74, 6) is 0.963. The van der Waals surface area contributed by atoms with Gasteiger partial charge in [-0.3, -0.25) is 4.79 Å². The normalized spacial score (nSPS) is 21.7. The Hall–Kier alpha value is -0.570. The molecular weight excluding hydrogens is 260 g/mol. The van der Waals surface area contributed by atoms with Gasteiger partial charge < -0.3 is 10.2 Å².